The van der Waals surface area contributed by atoms with Gasteiger partial charge in [-0.2, -0.15) is 0 Å². The predicted octanol–water partition coefficient (Wildman–Crippen LogP) is 1.44. The first-order chi connectivity index (χ1) is 11.3. The fourth-order valence-corrected chi connectivity index (χ4v) is 2.71. The molecule has 140 valence electrons. The van der Waals surface area contributed by atoms with Crippen molar-refractivity contribution in [3.63, 3.8) is 0 Å². The maximum Gasteiger partial charge on any atom is 0.241 e. The number of nitrogens with one attached hydrogen (secondary N) is 2. The van der Waals surface area contributed by atoms with Gasteiger partial charge in [0.2, 0.25) is 11.8 Å². The van der Waals surface area contributed by atoms with E-state index in [0.717, 1.165) is 0 Å². The molecule has 0 radical (unpaired) electrons. The normalized spacial score (nSPS) is 13.3. The van der Waals surface area contributed by atoms with E-state index in [2.05, 4.69) is 5.43 Å². The van der Waals surface area contributed by atoms with E-state index in [0.29, 0.717) is 16.7 Å². The SMILES string of the molecule is CC(C)(C)c1cc([C@@H](CC(=O)NN)C(=O)NN)cc(C(C)(C)C)c1O. The van der Waals surface area contributed by atoms with Crippen molar-refractivity contribution in [3.8, 4) is 5.75 Å². The van der Waals surface area contributed by atoms with Crippen LogP contribution in [0.2, 0.25) is 0 Å². The van der Waals surface area contributed by atoms with E-state index in [1.807, 2.05) is 47.0 Å². The zero-order valence-electron chi connectivity index (χ0n) is 15.9. The highest BCUT2D eigenvalue weighted by molar-refractivity contribution is 5.89. The number of phenolic OH excluding ortho intramolecular Hbond substituents is 1. The third kappa shape index (κ3) is 4.93. The second kappa shape index (κ2) is 7.41. The molecule has 0 fully saturated rings. The van der Waals surface area contributed by atoms with E-state index in [9.17, 15) is 14.7 Å². The Morgan fingerprint density at radius 3 is 1.76 bits per heavy atom. The Labute approximate surface area is 149 Å². The second-order valence-electron chi connectivity index (χ2n) is 8.30. The van der Waals surface area contributed by atoms with Crippen LogP contribution in [0.4, 0.5) is 0 Å². The van der Waals surface area contributed by atoms with Crippen LogP contribution in [-0.2, 0) is 20.4 Å². The summed E-state index contributed by atoms with van der Waals surface area (Å²) in [7, 11) is 0. The van der Waals surface area contributed by atoms with E-state index >= 15 is 0 Å². The lowest BCUT2D eigenvalue weighted by molar-refractivity contribution is -0.127. The number of nitrogens with two attached hydrogens (primary N) is 2. The lowest BCUT2D eigenvalue weighted by atomic mass is 9.76. The fraction of sp³-hybridized carbons (Fsp3) is 0.556. The molecule has 1 aromatic carbocycles. The van der Waals surface area contributed by atoms with Gasteiger partial charge in [0.1, 0.15) is 5.75 Å². The first-order valence-electron chi connectivity index (χ1n) is 8.20. The standard InChI is InChI=1S/C18H30N4O3/c1-17(2,3)12-7-10(8-13(15(12)24)18(4,5)6)11(16(25)22-20)9-14(23)21-19/h7-8,11,24H,9,19-20H2,1-6H3,(H,21,23)(H,22,25)/t11-/m1/s1. The van der Waals surface area contributed by atoms with Gasteiger partial charge in [0.05, 0.1) is 5.92 Å². The van der Waals surface area contributed by atoms with E-state index in [4.69, 9.17) is 11.7 Å². The highest BCUT2D eigenvalue weighted by Crippen LogP contribution is 2.41. The van der Waals surface area contributed by atoms with Crippen LogP contribution in [0.5, 0.6) is 5.75 Å². The van der Waals surface area contributed by atoms with Crippen LogP contribution in [0.25, 0.3) is 0 Å². The van der Waals surface area contributed by atoms with Crippen LogP contribution in [0.1, 0.15) is 70.6 Å². The molecule has 0 aliphatic carbocycles. The molecule has 1 atom stereocenters. The molecule has 25 heavy (non-hydrogen) atoms. The Morgan fingerprint density at radius 1 is 1.00 bits per heavy atom. The lowest BCUT2D eigenvalue weighted by Gasteiger charge is -2.29. The van der Waals surface area contributed by atoms with Crippen LogP contribution in [0.15, 0.2) is 12.1 Å². The minimum absolute atomic E-state index is 0.141. The molecule has 0 saturated carbocycles. The van der Waals surface area contributed by atoms with Gasteiger partial charge in [-0.05, 0) is 27.5 Å². The first-order valence-corrected chi connectivity index (χ1v) is 8.20. The monoisotopic (exact) mass is 350 g/mol. The highest BCUT2D eigenvalue weighted by atomic mass is 16.3. The Hall–Kier alpha value is -2.12. The molecule has 1 rings (SSSR count). The second-order valence-corrected chi connectivity index (χ2v) is 8.30. The largest absolute Gasteiger partial charge is 0.507 e. The Kier molecular flexibility index (Phi) is 6.20. The van der Waals surface area contributed by atoms with Crippen molar-refractivity contribution in [2.24, 2.45) is 11.7 Å². The third-order valence-electron chi connectivity index (χ3n) is 4.16. The Morgan fingerprint density at radius 2 is 1.44 bits per heavy atom. The zero-order chi connectivity index (χ0) is 19.6. The molecule has 7 heteroatoms. The molecule has 0 aliphatic heterocycles. The molecule has 0 aliphatic rings. The maximum atomic E-state index is 12.3. The minimum atomic E-state index is -0.809. The van der Waals surface area contributed by atoms with Crippen LogP contribution >= 0.6 is 0 Å². The van der Waals surface area contributed by atoms with Crippen LogP contribution in [0.3, 0.4) is 0 Å². The summed E-state index contributed by atoms with van der Waals surface area (Å²) in [6.45, 7) is 11.9. The number of hydrogen-bond donors (Lipinski definition) is 5. The summed E-state index contributed by atoms with van der Waals surface area (Å²) in [5.74, 6) is 8.88. The number of carbonyl (C=O) groups excluding carboxylic acids is 2. The number of carbonyl (C=O) groups is 2. The average molecular weight is 350 g/mol. The molecule has 0 bridgehead atoms. The smallest absolute Gasteiger partial charge is 0.241 e. The average Bonchev–Trinajstić information content (AvgIpc) is 2.49. The van der Waals surface area contributed by atoms with Gasteiger partial charge in [-0.1, -0.05) is 53.7 Å². The topological polar surface area (TPSA) is 130 Å². The van der Waals surface area contributed by atoms with Gasteiger partial charge in [-0.25, -0.2) is 11.7 Å². The fourth-order valence-electron chi connectivity index (χ4n) is 2.71. The number of amides is 2. The molecule has 0 aromatic heterocycles. The quantitative estimate of drug-likeness (QED) is 0.319. The van der Waals surface area contributed by atoms with Crippen LogP contribution < -0.4 is 22.5 Å². The number of rotatable bonds is 4. The van der Waals surface area contributed by atoms with Gasteiger partial charge in [0, 0.05) is 6.42 Å². The van der Waals surface area contributed by atoms with Crippen molar-refractivity contribution in [2.75, 3.05) is 0 Å². The van der Waals surface area contributed by atoms with E-state index in [1.54, 1.807) is 12.1 Å². The number of benzene rings is 1. The van der Waals surface area contributed by atoms with Crippen molar-refractivity contribution in [2.45, 2.75) is 64.7 Å². The molecule has 0 heterocycles. The highest BCUT2D eigenvalue weighted by Gasteiger charge is 2.30. The van der Waals surface area contributed by atoms with Crippen molar-refractivity contribution in [1.29, 1.82) is 0 Å². The number of phenols is 1. The number of hydrazine groups is 2. The van der Waals surface area contributed by atoms with Crippen molar-refractivity contribution in [3.05, 3.63) is 28.8 Å². The predicted molar refractivity (Wildman–Crippen MR) is 97.5 cm³/mol. The molecule has 0 unspecified atom stereocenters. The molecular weight excluding hydrogens is 320 g/mol. The van der Waals surface area contributed by atoms with Gasteiger partial charge in [0.15, 0.2) is 0 Å². The summed E-state index contributed by atoms with van der Waals surface area (Å²) >= 11 is 0. The molecule has 0 spiro atoms. The van der Waals surface area contributed by atoms with Crippen LogP contribution in [-0.4, -0.2) is 16.9 Å². The minimum Gasteiger partial charge on any atom is -0.507 e. The first kappa shape index (κ1) is 20.9. The van der Waals surface area contributed by atoms with Gasteiger partial charge in [-0.3, -0.25) is 20.4 Å². The number of hydrogen-bond acceptors (Lipinski definition) is 5. The van der Waals surface area contributed by atoms with E-state index < -0.39 is 17.7 Å². The van der Waals surface area contributed by atoms with Gasteiger partial charge in [0.25, 0.3) is 0 Å². The Balaban J connectivity index is 3.65. The molecule has 0 saturated heterocycles. The number of aromatic hydroxyl groups is 1. The zero-order valence-corrected chi connectivity index (χ0v) is 15.9. The summed E-state index contributed by atoms with van der Waals surface area (Å²) in [4.78, 5) is 24.0. The van der Waals surface area contributed by atoms with Crippen molar-refractivity contribution in [1.82, 2.24) is 10.9 Å². The van der Waals surface area contributed by atoms with Gasteiger partial charge in [-0.15, -0.1) is 0 Å². The Bertz CT molecular complexity index is 622. The van der Waals surface area contributed by atoms with E-state index in [1.165, 1.54) is 0 Å². The summed E-state index contributed by atoms with van der Waals surface area (Å²) in [6.07, 6.45) is -0.141. The van der Waals surface area contributed by atoms with Crippen LogP contribution in [0, 0.1) is 0 Å². The maximum absolute atomic E-state index is 12.3. The van der Waals surface area contributed by atoms with Gasteiger partial charge >= 0.3 is 0 Å². The third-order valence-corrected chi connectivity index (χ3v) is 4.16. The lowest BCUT2D eigenvalue weighted by Crippen LogP contribution is -2.39. The molecule has 7 nitrogen and oxygen atoms in total. The molecular formula is C18H30N4O3. The van der Waals surface area contributed by atoms with Crippen molar-refractivity contribution >= 4 is 11.8 Å². The molecule has 2 amide bonds. The van der Waals surface area contributed by atoms with E-state index in [-0.39, 0.29) is 23.0 Å². The molecule has 1 aromatic rings. The molecule has 7 N–H and O–H groups in total. The summed E-state index contributed by atoms with van der Waals surface area (Å²) in [5.41, 5.74) is 5.47. The van der Waals surface area contributed by atoms with Crippen molar-refractivity contribution < 1.29 is 14.7 Å². The van der Waals surface area contributed by atoms with Gasteiger partial charge < -0.3 is 5.11 Å². The summed E-state index contributed by atoms with van der Waals surface area (Å²) in [5, 5.41) is 10.8. The summed E-state index contributed by atoms with van der Waals surface area (Å²) in [6, 6.07) is 3.52. The summed E-state index contributed by atoms with van der Waals surface area (Å²) < 4.78 is 0.